The van der Waals surface area contributed by atoms with Crippen molar-refractivity contribution in [2.24, 2.45) is 11.8 Å². The number of carbonyl (C=O) groups is 2. The van der Waals surface area contributed by atoms with E-state index in [1.165, 1.54) is 11.3 Å². The van der Waals surface area contributed by atoms with E-state index in [0.29, 0.717) is 33.8 Å². The summed E-state index contributed by atoms with van der Waals surface area (Å²) in [4.78, 5) is 23.6. The second-order valence-corrected chi connectivity index (χ2v) is 7.55. The van der Waals surface area contributed by atoms with Crippen molar-refractivity contribution in [3.63, 3.8) is 0 Å². The van der Waals surface area contributed by atoms with Crippen LogP contribution in [0.3, 0.4) is 0 Å². The van der Waals surface area contributed by atoms with E-state index in [4.69, 9.17) is 16.3 Å². The maximum absolute atomic E-state index is 12.4. The Bertz CT molecular complexity index is 781. The van der Waals surface area contributed by atoms with E-state index >= 15 is 0 Å². The number of carboxylic acid groups (broad SMARTS) is 1. The average Bonchev–Trinajstić information content (AvgIpc) is 3.08. The van der Waals surface area contributed by atoms with E-state index in [2.05, 4.69) is 15.5 Å². The molecule has 2 aromatic rings. The minimum absolute atomic E-state index is 0.209. The molecule has 3 rings (SSSR count). The van der Waals surface area contributed by atoms with Crippen LogP contribution < -0.4 is 15.2 Å². The second-order valence-electron chi connectivity index (χ2n) is 6.05. The number of ether oxygens (including phenoxy) is 1. The Morgan fingerprint density at radius 3 is 2.58 bits per heavy atom. The first kappa shape index (κ1) is 18.6. The number of anilines is 1. The zero-order valence-corrected chi connectivity index (χ0v) is 15.4. The predicted octanol–water partition coefficient (Wildman–Crippen LogP) is 2.27. The third-order valence-corrected chi connectivity index (χ3v) is 5.34. The number of carboxylic acids is 1. The highest BCUT2D eigenvalue weighted by Gasteiger charge is 2.32. The lowest BCUT2D eigenvalue weighted by Gasteiger charge is -2.30. The Balaban J connectivity index is 1.56. The molecule has 26 heavy (non-hydrogen) atoms. The predicted molar refractivity (Wildman–Crippen MR) is 94.8 cm³/mol. The van der Waals surface area contributed by atoms with Gasteiger partial charge in [-0.25, -0.2) is 0 Å². The van der Waals surface area contributed by atoms with Gasteiger partial charge in [0.25, 0.3) is 0 Å². The monoisotopic (exact) mass is 394 g/mol. The van der Waals surface area contributed by atoms with Crippen LogP contribution in [0.2, 0.25) is 5.02 Å². The molecule has 2 atom stereocenters. The highest BCUT2D eigenvalue weighted by molar-refractivity contribution is 7.15. The van der Waals surface area contributed by atoms with Crippen molar-refractivity contribution >= 4 is 39.9 Å². The first-order valence-corrected chi connectivity index (χ1v) is 9.45. The third kappa shape index (κ3) is 4.70. The van der Waals surface area contributed by atoms with Gasteiger partial charge in [0, 0.05) is 22.8 Å². The van der Waals surface area contributed by atoms with Gasteiger partial charge < -0.3 is 20.0 Å². The van der Waals surface area contributed by atoms with Crippen molar-refractivity contribution in [2.45, 2.75) is 32.3 Å². The van der Waals surface area contributed by atoms with Gasteiger partial charge in [-0.3, -0.25) is 4.79 Å². The van der Waals surface area contributed by atoms with Gasteiger partial charge in [-0.15, -0.1) is 10.2 Å². The fourth-order valence-electron chi connectivity index (χ4n) is 2.96. The smallest absolute Gasteiger partial charge is 0.229 e. The molecule has 1 amide bonds. The molecule has 1 heterocycles. The summed E-state index contributed by atoms with van der Waals surface area (Å²) in [7, 11) is 0. The molecule has 1 saturated carbocycles. The lowest BCUT2D eigenvalue weighted by Crippen LogP contribution is -2.42. The Labute approximate surface area is 159 Å². The number of nitrogens with zero attached hydrogens (tertiary/aromatic N) is 2. The summed E-state index contributed by atoms with van der Waals surface area (Å²) in [6.45, 7) is 0.209. The molecular formula is C17H17ClN3O4S-. The Morgan fingerprint density at radius 2 is 1.88 bits per heavy atom. The van der Waals surface area contributed by atoms with Crippen LogP contribution in [0.25, 0.3) is 0 Å². The van der Waals surface area contributed by atoms with Crippen LogP contribution in [0.5, 0.6) is 5.75 Å². The number of nitrogens with one attached hydrogen (secondary N) is 1. The van der Waals surface area contributed by atoms with Crippen molar-refractivity contribution in [3.05, 3.63) is 34.3 Å². The number of hydrogen-bond acceptors (Lipinski definition) is 7. The number of aliphatic carboxylic acids is 1. The van der Waals surface area contributed by atoms with Gasteiger partial charge in [-0.2, -0.15) is 0 Å². The molecule has 1 N–H and O–H groups in total. The number of halogens is 1. The first-order valence-electron chi connectivity index (χ1n) is 8.25. The fourth-order valence-corrected chi connectivity index (χ4v) is 3.75. The largest absolute Gasteiger partial charge is 0.550 e. The Hall–Kier alpha value is -2.19. The number of amides is 1. The van der Waals surface area contributed by atoms with Gasteiger partial charge in [-0.1, -0.05) is 35.8 Å². The van der Waals surface area contributed by atoms with Gasteiger partial charge in [0.15, 0.2) is 5.01 Å². The Morgan fingerprint density at radius 1 is 1.19 bits per heavy atom. The van der Waals surface area contributed by atoms with E-state index in [-0.39, 0.29) is 12.5 Å². The number of rotatable bonds is 6. The summed E-state index contributed by atoms with van der Waals surface area (Å²) in [5, 5.41) is 23.3. The van der Waals surface area contributed by atoms with Crippen molar-refractivity contribution in [3.8, 4) is 5.75 Å². The Kier molecular flexibility index (Phi) is 6.05. The zero-order chi connectivity index (χ0) is 18.5. The van der Waals surface area contributed by atoms with Crippen LogP contribution in [0.15, 0.2) is 24.3 Å². The van der Waals surface area contributed by atoms with Crippen LogP contribution in [0, 0.1) is 11.8 Å². The van der Waals surface area contributed by atoms with Crippen LogP contribution in [-0.4, -0.2) is 22.1 Å². The number of benzene rings is 1. The van der Waals surface area contributed by atoms with E-state index in [0.717, 1.165) is 12.8 Å². The number of aromatic nitrogens is 2. The maximum Gasteiger partial charge on any atom is 0.229 e. The molecule has 0 unspecified atom stereocenters. The van der Waals surface area contributed by atoms with Crippen molar-refractivity contribution in [2.75, 3.05) is 5.32 Å². The van der Waals surface area contributed by atoms with Crippen LogP contribution in [0.4, 0.5) is 5.13 Å². The second kappa shape index (κ2) is 8.46. The standard InChI is InChI=1S/C17H18ClN3O4S/c18-10-5-7-11(8-6-10)25-9-14-20-21-17(26-14)19-15(22)12-3-1-2-4-13(12)16(23)24/h5-8,12-13H,1-4,9H2,(H,23,24)(H,19,21,22)/p-1/t12-,13+/m0/s1. The van der Waals surface area contributed by atoms with Gasteiger partial charge >= 0.3 is 0 Å². The summed E-state index contributed by atoms with van der Waals surface area (Å²) in [6, 6.07) is 6.94. The fraction of sp³-hybridized carbons (Fsp3) is 0.412. The molecule has 1 aliphatic carbocycles. The van der Waals surface area contributed by atoms with Crippen LogP contribution >= 0.6 is 22.9 Å². The lowest BCUT2D eigenvalue weighted by molar-refractivity contribution is -0.313. The van der Waals surface area contributed by atoms with Crippen molar-refractivity contribution in [1.82, 2.24) is 10.2 Å². The zero-order valence-electron chi connectivity index (χ0n) is 13.8. The van der Waals surface area contributed by atoms with Gasteiger partial charge in [-0.05, 0) is 37.1 Å². The first-order chi connectivity index (χ1) is 12.5. The molecule has 0 spiro atoms. The molecule has 0 radical (unpaired) electrons. The number of hydrogen-bond donors (Lipinski definition) is 1. The molecule has 1 aromatic heterocycles. The summed E-state index contributed by atoms with van der Waals surface area (Å²) in [5.74, 6) is -2.20. The molecule has 9 heteroatoms. The van der Waals surface area contributed by atoms with Crippen molar-refractivity contribution in [1.29, 1.82) is 0 Å². The minimum atomic E-state index is -1.17. The van der Waals surface area contributed by atoms with Gasteiger partial charge in [0.1, 0.15) is 12.4 Å². The topological polar surface area (TPSA) is 104 Å². The molecule has 7 nitrogen and oxygen atoms in total. The molecule has 1 aliphatic rings. The third-order valence-electron chi connectivity index (χ3n) is 4.28. The summed E-state index contributed by atoms with van der Waals surface area (Å²) < 4.78 is 5.58. The maximum atomic E-state index is 12.4. The highest BCUT2D eigenvalue weighted by atomic mass is 35.5. The SMILES string of the molecule is O=C(Nc1nnc(COc2ccc(Cl)cc2)s1)[C@H]1CCCC[C@H]1C(=O)[O-]. The molecule has 0 aliphatic heterocycles. The van der Waals surface area contributed by atoms with E-state index < -0.39 is 17.8 Å². The molecule has 0 saturated heterocycles. The summed E-state index contributed by atoms with van der Waals surface area (Å²) in [6.07, 6.45) is 2.64. The van der Waals surface area contributed by atoms with Gasteiger partial charge in [0.05, 0.1) is 0 Å². The summed E-state index contributed by atoms with van der Waals surface area (Å²) >= 11 is 7.01. The molecular weight excluding hydrogens is 378 g/mol. The quantitative estimate of drug-likeness (QED) is 0.805. The van der Waals surface area contributed by atoms with Crippen LogP contribution in [-0.2, 0) is 16.2 Å². The normalized spacial score (nSPS) is 19.7. The average molecular weight is 395 g/mol. The highest BCUT2D eigenvalue weighted by Crippen LogP contribution is 2.31. The minimum Gasteiger partial charge on any atom is -0.550 e. The molecule has 138 valence electrons. The lowest BCUT2D eigenvalue weighted by atomic mass is 9.79. The van der Waals surface area contributed by atoms with Crippen LogP contribution in [0.1, 0.15) is 30.7 Å². The van der Waals surface area contributed by atoms with E-state index in [9.17, 15) is 14.7 Å². The van der Waals surface area contributed by atoms with E-state index in [1.54, 1.807) is 24.3 Å². The molecule has 1 fully saturated rings. The molecule has 1 aromatic carbocycles. The number of carbonyl (C=O) groups excluding carboxylic acids is 2. The van der Waals surface area contributed by atoms with E-state index in [1.807, 2.05) is 0 Å². The summed E-state index contributed by atoms with van der Waals surface area (Å²) in [5.41, 5.74) is 0. The van der Waals surface area contributed by atoms with Crippen molar-refractivity contribution < 1.29 is 19.4 Å². The van der Waals surface area contributed by atoms with Gasteiger partial charge in [0.2, 0.25) is 11.0 Å². The molecule has 0 bridgehead atoms.